The number of aliphatic hydroxyl groups excluding tert-OH is 1. The van der Waals surface area contributed by atoms with Crippen LogP contribution < -0.4 is 0 Å². The van der Waals surface area contributed by atoms with E-state index in [9.17, 15) is 5.11 Å². The number of hydrogen-bond donors (Lipinski definition) is 1. The van der Waals surface area contributed by atoms with Crippen LogP contribution >= 0.6 is 0 Å². The smallest absolute Gasteiger partial charge is 0.0579 e. The van der Waals surface area contributed by atoms with Gasteiger partial charge in [0.2, 0.25) is 0 Å². The van der Waals surface area contributed by atoms with E-state index >= 15 is 0 Å². The number of aliphatic hydroxyl groups is 1. The lowest BCUT2D eigenvalue weighted by atomic mass is 9.95. The lowest BCUT2D eigenvalue weighted by molar-refractivity contribution is -0.000689. The molecule has 0 atom stereocenters. The molecular weight excluding hydrogens is 164 g/mol. The molecule has 1 rings (SSSR count). The van der Waals surface area contributed by atoms with Gasteiger partial charge in [-0.25, -0.2) is 0 Å². The highest BCUT2D eigenvalue weighted by Gasteiger charge is 2.19. The maximum atomic E-state index is 9.26. The summed E-state index contributed by atoms with van der Waals surface area (Å²) in [4.78, 5) is 0. The average molecular weight is 182 g/mol. The Morgan fingerprint density at radius 3 is 2.62 bits per heavy atom. The summed E-state index contributed by atoms with van der Waals surface area (Å²) in [6, 6.07) is 0. The second kappa shape index (κ2) is 6.01. The van der Waals surface area contributed by atoms with Crippen LogP contribution in [-0.2, 0) is 4.74 Å². The fraction of sp³-hybridized carbons (Fsp3) is 0.818. The van der Waals surface area contributed by atoms with Gasteiger partial charge in [0.25, 0.3) is 0 Å². The zero-order valence-corrected chi connectivity index (χ0v) is 8.25. The average Bonchev–Trinajstić information content (AvgIpc) is 2.15. The van der Waals surface area contributed by atoms with Crippen molar-refractivity contribution >= 4 is 0 Å². The number of hydrogen-bond acceptors (Lipinski definition) is 2. The first-order chi connectivity index (χ1) is 6.33. The molecule has 0 aromatic heterocycles. The second-order valence-electron chi connectivity index (χ2n) is 3.48. The van der Waals surface area contributed by atoms with Crippen LogP contribution in [-0.4, -0.2) is 23.9 Å². The van der Waals surface area contributed by atoms with E-state index < -0.39 is 0 Å². The normalized spacial score (nSPS) is 27.8. The van der Waals surface area contributed by atoms with Crippen molar-refractivity contribution in [3.63, 3.8) is 0 Å². The molecule has 1 N–H and O–H groups in total. The lowest BCUT2D eigenvalue weighted by Gasteiger charge is -2.25. The molecule has 1 aliphatic carbocycles. The molecule has 0 aromatic carbocycles. The molecule has 0 spiro atoms. The molecule has 0 amide bonds. The Kier molecular flexibility index (Phi) is 4.88. The van der Waals surface area contributed by atoms with E-state index in [2.05, 4.69) is 11.8 Å². The van der Waals surface area contributed by atoms with Gasteiger partial charge in [0.15, 0.2) is 0 Å². The van der Waals surface area contributed by atoms with Crippen molar-refractivity contribution in [1.82, 2.24) is 0 Å². The van der Waals surface area contributed by atoms with Gasteiger partial charge in [-0.3, -0.25) is 0 Å². The van der Waals surface area contributed by atoms with Gasteiger partial charge in [-0.2, -0.15) is 0 Å². The predicted molar refractivity (Wildman–Crippen MR) is 52.3 cm³/mol. The van der Waals surface area contributed by atoms with Gasteiger partial charge >= 0.3 is 0 Å². The largest absolute Gasteiger partial charge is 0.393 e. The van der Waals surface area contributed by atoms with Crippen LogP contribution in [0.3, 0.4) is 0 Å². The van der Waals surface area contributed by atoms with Crippen molar-refractivity contribution in [3.05, 3.63) is 0 Å². The Hall–Kier alpha value is -0.520. The third kappa shape index (κ3) is 4.31. The maximum absolute atomic E-state index is 9.26. The molecule has 0 aliphatic heterocycles. The van der Waals surface area contributed by atoms with Crippen molar-refractivity contribution in [2.45, 2.75) is 51.2 Å². The molecule has 0 bridgehead atoms. The Bertz CT molecular complexity index is 182. The highest BCUT2D eigenvalue weighted by molar-refractivity contribution is 4.94. The molecular formula is C11H18O2. The molecule has 0 aromatic rings. The summed E-state index contributed by atoms with van der Waals surface area (Å²) in [5, 5.41) is 9.26. The van der Waals surface area contributed by atoms with Crippen molar-refractivity contribution < 1.29 is 9.84 Å². The molecule has 1 aliphatic rings. The fourth-order valence-electron chi connectivity index (χ4n) is 1.61. The van der Waals surface area contributed by atoms with Gasteiger partial charge in [0.05, 0.1) is 18.8 Å². The number of ether oxygens (including phenoxy) is 1. The predicted octanol–water partition coefficient (Wildman–Crippen LogP) is 1.72. The van der Waals surface area contributed by atoms with Crippen LogP contribution in [0.1, 0.15) is 39.0 Å². The fourth-order valence-corrected chi connectivity index (χ4v) is 1.61. The minimum atomic E-state index is -0.0877. The van der Waals surface area contributed by atoms with Crippen LogP contribution in [0.15, 0.2) is 0 Å². The summed E-state index contributed by atoms with van der Waals surface area (Å²) < 4.78 is 5.62. The van der Waals surface area contributed by atoms with Gasteiger partial charge in [0.1, 0.15) is 0 Å². The lowest BCUT2D eigenvalue weighted by Crippen LogP contribution is -2.24. The summed E-state index contributed by atoms with van der Waals surface area (Å²) in [7, 11) is 0. The first-order valence-corrected chi connectivity index (χ1v) is 5.02. The molecule has 0 heterocycles. The Morgan fingerprint density at radius 2 is 2.00 bits per heavy atom. The van der Waals surface area contributed by atoms with Crippen LogP contribution in [0.2, 0.25) is 0 Å². The van der Waals surface area contributed by atoms with Crippen LogP contribution in [0.25, 0.3) is 0 Å². The van der Waals surface area contributed by atoms with E-state index in [-0.39, 0.29) is 6.10 Å². The molecule has 0 saturated heterocycles. The van der Waals surface area contributed by atoms with E-state index in [1.54, 1.807) is 0 Å². The molecule has 1 fully saturated rings. The highest BCUT2D eigenvalue weighted by Crippen LogP contribution is 2.20. The van der Waals surface area contributed by atoms with E-state index in [4.69, 9.17) is 4.74 Å². The van der Waals surface area contributed by atoms with Crippen LogP contribution in [0.4, 0.5) is 0 Å². The quantitative estimate of drug-likeness (QED) is 0.532. The Morgan fingerprint density at radius 1 is 1.31 bits per heavy atom. The van der Waals surface area contributed by atoms with Gasteiger partial charge in [-0.05, 0) is 32.6 Å². The molecule has 1 saturated carbocycles. The van der Waals surface area contributed by atoms with Gasteiger partial charge in [0, 0.05) is 6.42 Å². The summed E-state index contributed by atoms with van der Waals surface area (Å²) in [5.74, 6) is 5.81. The summed E-state index contributed by atoms with van der Waals surface area (Å²) >= 11 is 0. The summed E-state index contributed by atoms with van der Waals surface area (Å²) in [6.07, 6.45) is 4.89. The van der Waals surface area contributed by atoms with E-state index in [1.807, 2.05) is 6.92 Å². The van der Waals surface area contributed by atoms with E-state index in [1.165, 1.54) is 0 Å². The molecule has 0 radical (unpaired) electrons. The molecule has 0 unspecified atom stereocenters. The SMILES string of the molecule is CC#CCCOC1CCC(O)CC1. The molecule has 74 valence electrons. The Balaban J connectivity index is 2.04. The molecule has 13 heavy (non-hydrogen) atoms. The van der Waals surface area contributed by atoms with Gasteiger partial charge in [-0.15, -0.1) is 11.8 Å². The first-order valence-electron chi connectivity index (χ1n) is 5.02. The summed E-state index contributed by atoms with van der Waals surface area (Å²) in [6.45, 7) is 2.58. The first kappa shape index (κ1) is 10.6. The van der Waals surface area contributed by atoms with Crippen LogP contribution in [0.5, 0.6) is 0 Å². The van der Waals surface area contributed by atoms with Gasteiger partial charge < -0.3 is 9.84 Å². The Labute approximate surface area is 80.3 Å². The van der Waals surface area contributed by atoms with Crippen LogP contribution in [0, 0.1) is 11.8 Å². The van der Waals surface area contributed by atoms with Gasteiger partial charge in [-0.1, -0.05) is 0 Å². The van der Waals surface area contributed by atoms with Crippen molar-refractivity contribution in [2.24, 2.45) is 0 Å². The minimum Gasteiger partial charge on any atom is -0.393 e. The molecule has 2 heteroatoms. The minimum absolute atomic E-state index is 0.0877. The number of rotatable bonds is 3. The highest BCUT2D eigenvalue weighted by atomic mass is 16.5. The van der Waals surface area contributed by atoms with E-state index in [0.29, 0.717) is 6.10 Å². The topological polar surface area (TPSA) is 29.5 Å². The zero-order valence-electron chi connectivity index (χ0n) is 8.25. The third-order valence-corrected chi connectivity index (χ3v) is 2.40. The third-order valence-electron chi connectivity index (χ3n) is 2.40. The van der Waals surface area contributed by atoms with Crippen molar-refractivity contribution in [1.29, 1.82) is 0 Å². The monoisotopic (exact) mass is 182 g/mol. The summed E-state index contributed by atoms with van der Waals surface area (Å²) in [5.41, 5.74) is 0. The second-order valence-corrected chi connectivity index (χ2v) is 3.48. The van der Waals surface area contributed by atoms with E-state index in [0.717, 1.165) is 38.7 Å². The standard InChI is InChI=1S/C11H18O2/c1-2-3-4-9-13-11-7-5-10(12)6-8-11/h10-12H,4-9H2,1H3. The zero-order chi connectivity index (χ0) is 9.52. The molecule has 2 nitrogen and oxygen atoms in total. The van der Waals surface area contributed by atoms with Crippen molar-refractivity contribution in [3.8, 4) is 11.8 Å². The maximum Gasteiger partial charge on any atom is 0.0579 e. The van der Waals surface area contributed by atoms with Crippen molar-refractivity contribution in [2.75, 3.05) is 6.61 Å².